The first-order chi connectivity index (χ1) is 6.66. The lowest BCUT2D eigenvalue weighted by molar-refractivity contribution is -0.143. The maximum absolute atomic E-state index is 10.6. The second-order valence-corrected chi connectivity index (χ2v) is 3.24. The van der Waals surface area contributed by atoms with Crippen molar-refractivity contribution in [3.05, 3.63) is 24.3 Å². The average Bonchev–Trinajstić information content (AvgIpc) is 2.10. The standard InChI is InChI=1S/C12H20O2/c1-4-5-6-7-8-9-10-11(2)14-12(3)13/h4-5,9-11H,6-8H2,1-3H3. The van der Waals surface area contributed by atoms with Gasteiger partial charge in [0.25, 0.3) is 0 Å². The number of unbranched alkanes of at least 4 members (excludes halogenated alkanes) is 2. The molecule has 1 unspecified atom stereocenters. The third kappa shape index (κ3) is 9.04. The monoisotopic (exact) mass is 196 g/mol. The van der Waals surface area contributed by atoms with Gasteiger partial charge in [0.2, 0.25) is 0 Å². The van der Waals surface area contributed by atoms with Crippen LogP contribution < -0.4 is 0 Å². The van der Waals surface area contributed by atoms with E-state index in [1.54, 1.807) is 0 Å². The van der Waals surface area contributed by atoms with Crippen LogP contribution in [0, 0.1) is 0 Å². The van der Waals surface area contributed by atoms with Gasteiger partial charge in [-0.2, -0.15) is 0 Å². The Kier molecular flexibility index (Phi) is 7.90. The SMILES string of the molecule is CC=CCCCC=CC(C)OC(C)=O. The Morgan fingerprint density at radius 3 is 2.57 bits per heavy atom. The van der Waals surface area contributed by atoms with E-state index in [-0.39, 0.29) is 12.1 Å². The van der Waals surface area contributed by atoms with Crippen LogP contribution in [-0.2, 0) is 9.53 Å². The van der Waals surface area contributed by atoms with Crippen molar-refractivity contribution in [2.75, 3.05) is 0 Å². The molecule has 0 aromatic heterocycles. The Bertz CT molecular complexity index is 204. The highest BCUT2D eigenvalue weighted by Gasteiger charge is 1.98. The molecule has 0 aliphatic carbocycles. The van der Waals surface area contributed by atoms with Crippen LogP contribution in [0.4, 0.5) is 0 Å². The number of rotatable bonds is 6. The highest BCUT2D eigenvalue weighted by atomic mass is 16.5. The van der Waals surface area contributed by atoms with Gasteiger partial charge < -0.3 is 4.74 Å². The molecule has 0 spiro atoms. The average molecular weight is 196 g/mol. The fourth-order valence-electron chi connectivity index (χ4n) is 1.11. The summed E-state index contributed by atoms with van der Waals surface area (Å²) < 4.78 is 4.94. The van der Waals surface area contributed by atoms with E-state index in [1.807, 2.05) is 19.9 Å². The van der Waals surface area contributed by atoms with Crippen LogP contribution in [0.1, 0.15) is 40.0 Å². The maximum atomic E-state index is 10.6. The Balaban J connectivity index is 3.46. The summed E-state index contributed by atoms with van der Waals surface area (Å²) in [4.78, 5) is 10.6. The molecule has 0 bridgehead atoms. The van der Waals surface area contributed by atoms with E-state index in [4.69, 9.17) is 4.74 Å². The molecule has 80 valence electrons. The van der Waals surface area contributed by atoms with Crippen LogP contribution in [0.15, 0.2) is 24.3 Å². The second-order valence-electron chi connectivity index (χ2n) is 3.24. The summed E-state index contributed by atoms with van der Waals surface area (Å²) in [7, 11) is 0. The van der Waals surface area contributed by atoms with E-state index in [0.29, 0.717) is 0 Å². The number of allylic oxidation sites excluding steroid dienone is 3. The Morgan fingerprint density at radius 2 is 2.00 bits per heavy atom. The van der Waals surface area contributed by atoms with Crippen LogP contribution in [0.25, 0.3) is 0 Å². The van der Waals surface area contributed by atoms with E-state index in [1.165, 1.54) is 6.92 Å². The molecule has 0 aliphatic heterocycles. The van der Waals surface area contributed by atoms with E-state index < -0.39 is 0 Å². The largest absolute Gasteiger partial charge is 0.459 e. The maximum Gasteiger partial charge on any atom is 0.303 e. The third-order valence-electron chi connectivity index (χ3n) is 1.74. The first-order valence-corrected chi connectivity index (χ1v) is 5.12. The zero-order valence-electron chi connectivity index (χ0n) is 9.32. The number of ether oxygens (including phenoxy) is 1. The van der Waals surface area contributed by atoms with Gasteiger partial charge in [-0.3, -0.25) is 4.79 Å². The molecule has 0 fully saturated rings. The lowest BCUT2D eigenvalue weighted by atomic mass is 10.2. The Hall–Kier alpha value is -1.05. The van der Waals surface area contributed by atoms with Gasteiger partial charge in [0.05, 0.1) is 0 Å². The van der Waals surface area contributed by atoms with Gasteiger partial charge in [0, 0.05) is 6.92 Å². The first-order valence-electron chi connectivity index (χ1n) is 5.12. The van der Waals surface area contributed by atoms with Crippen molar-refractivity contribution in [3.63, 3.8) is 0 Å². The normalized spacial score (nSPS) is 13.6. The number of carbonyl (C=O) groups excluding carboxylic acids is 1. The number of esters is 1. The zero-order chi connectivity index (χ0) is 10.8. The molecule has 0 saturated heterocycles. The lowest BCUT2D eigenvalue weighted by Crippen LogP contribution is -2.08. The van der Waals surface area contributed by atoms with Crippen molar-refractivity contribution < 1.29 is 9.53 Å². The van der Waals surface area contributed by atoms with Crippen LogP contribution in [0.3, 0.4) is 0 Å². The fraction of sp³-hybridized carbons (Fsp3) is 0.583. The summed E-state index contributed by atoms with van der Waals surface area (Å²) in [5.74, 6) is -0.226. The molecule has 0 heterocycles. The molecule has 0 rings (SSSR count). The van der Waals surface area contributed by atoms with Gasteiger partial charge in [-0.1, -0.05) is 18.2 Å². The van der Waals surface area contributed by atoms with Crippen molar-refractivity contribution in [2.45, 2.75) is 46.1 Å². The summed E-state index contributed by atoms with van der Waals surface area (Å²) in [6, 6.07) is 0. The molecule has 0 aromatic carbocycles. The molecule has 1 atom stereocenters. The van der Waals surface area contributed by atoms with Gasteiger partial charge in [-0.15, -0.1) is 0 Å². The van der Waals surface area contributed by atoms with E-state index >= 15 is 0 Å². The zero-order valence-corrected chi connectivity index (χ0v) is 9.32. The van der Waals surface area contributed by atoms with Crippen molar-refractivity contribution >= 4 is 5.97 Å². The molecule has 0 aliphatic rings. The van der Waals surface area contributed by atoms with Gasteiger partial charge in [0.15, 0.2) is 0 Å². The molecule has 0 radical (unpaired) electrons. The quantitative estimate of drug-likeness (QED) is 0.370. The topological polar surface area (TPSA) is 26.3 Å². The van der Waals surface area contributed by atoms with Gasteiger partial charge >= 0.3 is 5.97 Å². The number of hydrogen-bond acceptors (Lipinski definition) is 2. The van der Waals surface area contributed by atoms with Gasteiger partial charge in [-0.25, -0.2) is 0 Å². The van der Waals surface area contributed by atoms with Crippen LogP contribution >= 0.6 is 0 Å². The minimum absolute atomic E-state index is 0.103. The summed E-state index contributed by atoms with van der Waals surface area (Å²) >= 11 is 0. The molecule has 0 N–H and O–H groups in total. The Labute approximate surface area is 86.6 Å². The molecular formula is C12H20O2. The van der Waals surface area contributed by atoms with Crippen molar-refractivity contribution in [1.82, 2.24) is 0 Å². The number of hydrogen-bond donors (Lipinski definition) is 0. The minimum Gasteiger partial charge on any atom is -0.459 e. The van der Waals surface area contributed by atoms with E-state index in [0.717, 1.165) is 19.3 Å². The third-order valence-corrected chi connectivity index (χ3v) is 1.74. The van der Waals surface area contributed by atoms with E-state index in [9.17, 15) is 4.79 Å². The van der Waals surface area contributed by atoms with Crippen molar-refractivity contribution in [3.8, 4) is 0 Å². The molecule has 0 saturated carbocycles. The minimum atomic E-state index is -0.226. The highest BCUT2D eigenvalue weighted by Crippen LogP contribution is 2.00. The summed E-state index contributed by atoms with van der Waals surface area (Å²) in [5.41, 5.74) is 0. The van der Waals surface area contributed by atoms with Crippen LogP contribution in [0.2, 0.25) is 0 Å². The predicted molar refractivity (Wildman–Crippen MR) is 59.0 cm³/mol. The van der Waals surface area contributed by atoms with Gasteiger partial charge in [0.1, 0.15) is 6.10 Å². The molecule has 0 aromatic rings. The first kappa shape index (κ1) is 12.9. The van der Waals surface area contributed by atoms with E-state index in [2.05, 4.69) is 18.2 Å². The summed E-state index contributed by atoms with van der Waals surface area (Å²) in [6.07, 6.45) is 11.4. The fourth-order valence-corrected chi connectivity index (χ4v) is 1.11. The highest BCUT2D eigenvalue weighted by molar-refractivity contribution is 5.66. The molecule has 0 amide bonds. The predicted octanol–water partition coefficient (Wildman–Crippen LogP) is 3.24. The van der Waals surface area contributed by atoms with Crippen molar-refractivity contribution in [1.29, 1.82) is 0 Å². The summed E-state index contributed by atoms with van der Waals surface area (Å²) in [6.45, 7) is 5.32. The van der Waals surface area contributed by atoms with Crippen LogP contribution in [-0.4, -0.2) is 12.1 Å². The Morgan fingerprint density at radius 1 is 1.36 bits per heavy atom. The van der Waals surface area contributed by atoms with Crippen molar-refractivity contribution in [2.24, 2.45) is 0 Å². The smallest absolute Gasteiger partial charge is 0.303 e. The number of carbonyl (C=O) groups is 1. The van der Waals surface area contributed by atoms with Gasteiger partial charge in [-0.05, 0) is 39.2 Å². The summed E-state index contributed by atoms with van der Waals surface area (Å²) in [5, 5.41) is 0. The molecule has 14 heavy (non-hydrogen) atoms. The van der Waals surface area contributed by atoms with Crippen LogP contribution in [0.5, 0.6) is 0 Å². The molecule has 2 heteroatoms. The lowest BCUT2D eigenvalue weighted by Gasteiger charge is -2.05. The molecule has 2 nitrogen and oxygen atoms in total. The second kappa shape index (κ2) is 8.54. The molecular weight excluding hydrogens is 176 g/mol.